The normalized spacial score (nSPS) is 11.5. The number of hydrogen-bond donors (Lipinski definition) is 2. The van der Waals surface area contributed by atoms with E-state index in [4.69, 9.17) is 4.74 Å². The van der Waals surface area contributed by atoms with Crippen molar-refractivity contribution in [2.45, 2.75) is 26.3 Å². The lowest BCUT2D eigenvalue weighted by molar-refractivity contribution is -0.118. The largest absolute Gasteiger partial charge is 0.484 e. The molecule has 0 radical (unpaired) electrons. The Labute approximate surface area is 155 Å². The number of carbonyl (C=O) groups is 2. The van der Waals surface area contributed by atoms with Crippen molar-refractivity contribution < 1.29 is 14.3 Å². The monoisotopic (exact) mass is 404 g/mol. The molecule has 0 saturated heterocycles. The van der Waals surface area contributed by atoms with Crippen LogP contribution < -0.4 is 15.4 Å². The third-order valence-corrected chi connectivity index (χ3v) is 4.15. The highest BCUT2D eigenvalue weighted by Crippen LogP contribution is 2.17. The van der Waals surface area contributed by atoms with Gasteiger partial charge in [-0.25, -0.2) is 0 Å². The van der Waals surface area contributed by atoms with Gasteiger partial charge in [-0.2, -0.15) is 0 Å². The van der Waals surface area contributed by atoms with Crippen molar-refractivity contribution in [3.8, 4) is 5.75 Å². The van der Waals surface area contributed by atoms with Gasteiger partial charge < -0.3 is 15.4 Å². The maximum atomic E-state index is 12.3. The number of ether oxygens (including phenoxy) is 1. The molecule has 5 nitrogen and oxygen atoms in total. The smallest absolute Gasteiger partial charge is 0.262 e. The quantitative estimate of drug-likeness (QED) is 0.732. The van der Waals surface area contributed by atoms with Crippen molar-refractivity contribution in [2.75, 3.05) is 11.9 Å². The van der Waals surface area contributed by atoms with E-state index in [2.05, 4.69) is 26.6 Å². The molecular formula is C19H21BrN2O3. The molecule has 0 fully saturated rings. The van der Waals surface area contributed by atoms with E-state index in [1.54, 1.807) is 36.4 Å². The van der Waals surface area contributed by atoms with Gasteiger partial charge in [-0.3, -0.25) is 9.59 Å². The van der Waals surface area contributed by atoms with Crippen molar-refractivity contribution in [2.24, 2.45) is 0 Å². The Kier molecular flexibility index (Phi) is 7.01. The third-order valence-electron chi connectivity index (χ3n) is 3.62. The van der Waals surface area contributed by atoms with Crippen molar-refractivity contribution in [3.05, 3.63) is 58.6 Å². The highest BCUT2D eigenvalue weighted by Gasteiger charge is 2.14. The van der Waals surface area contributed by atoms with Gasteiger partial charge >= 0.3 is 0 Å². The first-order valence-electron chi connectivity index (χ1n) is 8.07. The van der Waals surface area contributed by atoms with E-state index >= 15 is 0 Å². The fourth-order valence-electron chi connectivity index (χ4n) is 2.06. The van der Waals surface area contributed by atoms with Crippen LogP contribution in [-0.2, 0) is 4.79 Å². The summed E-state index contributed by atoms with van der Waals surface area (Å²) in [6.07, 6.45) is 0.835. The summed E-state index contributed by atoms with van der Waals surface area (Å²) in [4.78, 5) is 24.5. The summed E-state index contributed by atoms with van der Waals surface area (Å²) in [5.41, 5.74) is 0.896. The molecule has 0 aliphatic rings. The molecule has 0 spiro atoms. The number of anilines is 1. The zero-order valence-electron chi connectivity index (χ0n) is 14.2. The van der Waals surface area contributed by atoms with Crippen LogP contribution in [0.25, 0.3) is 0 Å². The zero-order valence-corrected chi connectivity index (χ0v) is 15.8. The minimum Gasteiger partial charge on any atom is -0.484 e. The van der Waals surface area contributed by atoms with Crippen LogP contribution in [0.1, 0.15) is 30.6 Å². The average Bonchev–Trinajstić information content (AvgIpc) is 2.61. The van der Waals surface area contributed by atoms with Crippen LogP contribution in [0.4, 0.5) is 5.69 Å². The fourth-order valence-corrected chi connectivity index (χ4v) is 2.32. The van der Waals surface area contributed by atoms with Gasteiger partial charge in [0.15, 0.2) is 6.61 Å². The molecule has 2 rings (SSSR count). The van der Waals surface area contributed by atoms with Crippen LogP contribution >= 0.6 is 15.9 Å². The van der Waals surface area contributed by atoms with Gasteiger partial charge in [0.05, 0.1) is 11.3 Å². The minimum absolute atomic E-state index is 0.0667. The Morgan fingerprint density at radius 2 is 1.80 bits per heavy atom. The molecular weight excluding hydrogens is 384 g/mol. The summed E-state index contributed by atoms with van der Waals surface area (Å²) in [5.74, 6) is 0.0620. The zero-order chi connectivity index (χ0) is 18.2. The first kappa shape index (κ1) is 19.0. The lowest BCUT2D eigenvalue weighted by Crippen LogP contribution is -2.33. The first-order valence-corrected chi connectivity index (χ1v) is 8.87. The van der Waals surface area contributed by atoms with Crippen molar-refractivity contribution in [1.29, 1.82) is 0 Å². The van der Waals surface area contributed by atoms with E-state index in [-0.39, 0.29) is 24.5 Å². The predicted molar refractivity (Wildman–Crippen MR) is 102 cm³/mol. The second-order valence-corrected chi connectivity index (χ2v) is 6.53. The Morgan fingerprint density at radius 3 is 2.48 bits per heavy atom. The lowest BCUT2D eigenvalue weighted by Gasteiger charge is -2.15. The lowest BCUT2D eigenvalue weighted by atomic mass is 10.1. The summed E-state index contributed by atoms with van der Waals surface area (Å²) < 4.78 is 6.38. The SMILES string of the molecule is CCC(C)NC(=O)c1ccccc1NC(=O)COc1ccc(Br)cc1. The highest BCUT2D eigenvalue weighted by atomic mass is 79.9. The molecule has 25 heavy (non-hydrogen) atoms. The topological polar surface area (TPSA) is 67.4 Å². The Balaban J connectivity index is 1.98. The van der Waals surface area contributed by atoms with E-state index < -0.39 is 0 Å². The number of halogens is 1. The maximum absolute atomic E-state index is 12.3. The number of hydrogen-bond acceptors (Lipinski definition) is 3. The molecule has 6 heteroatoms. The van der Waals surface area contributed by atoms with Crippen LogP contribution in [-0.4, -0.2) is 24.5 Å². The Morgan fingerprint density at radius 1 is 1.12 bits per heavy atom. The van der Waals surface area contributed by atoms with Crippen molar-refractivity contribution >= 4 is 33.4 Å². The molecule has 0 heterocycles. The van der Waals surface area contributed by atoms with E-state index in [1.165, 1.54) is 0 Å². The molecule has 0 bridgehead atoms. The maximum Gasteiger partial charge on any atom is 0.262 e. The molecule has 0 aliphatic carbocycles. The summed E-state index contributed by atoms with van der Waals surface area (Å²) in [7, 11) is 0. The number of para-hydroxylation sites is 1. The van der Waals surface area contributed by atoms with Gasteiger partial charge in [0.1, 0.15) is 5.75 Å². The van der Waals surface area contributed by atoms with Gasteiger partial charge in [-0.1, -0.05) is 35.0 Å². The van der Waals surface area contributed by atoms with Gasteiger partial charge in [0.2, 0.25) is 0 Å². The number of rotatable bonds is 7. The van der Waals surface area contributed by atoms with Gasteiger partial charge in [-0.05, 0) is 49.7 Å². The molecule has 2 aromatic carbocycles. The highest BCUT2D eigenvalue weighted by molar-refractivity contribution is 9.10. The molecule has 2 amide bonds. The molecule has 132 valence electrons. The van der Waals surface area contributed by atoms with Crippen LogP contribution in [0.15, 0.2) is 53.0 Å². The Hall–Kier alpha value is -2.34. The van der Waals surface area contributed by atoms with Crippen LogP contribution in [0.5, 0.6) is 5.75 Å². The third kappa shape index (κ3) is 5.90. The number of nitrogens with one attached hydrogen (secondary N) is 2. The van der Waals surface area contributed by atoms with Crippen molar-refractivity contribution in [1.82, 2.24) is 5.32 Å². The fraction of sp³-hybridized carbons (Fsp3) is 0.263. The molecule has 0 aromatic heterocycles. The van der Waals surface area contributed by atoms with Crippen molar-refractivity contribution in [3.63, 3.8) is 0 Å². The standard InChI is InChI=1S/C19H21BrN2O3/c1-3-13(2)21-19(24)16-6-4-5-7-17(16)22-18(23)12-25-15-10-8-14(20)9-11-15/h4-11,13H,3,12H2,1-2H3,(H,21,24)(H,22,23). The van der Waals surface area contributed by atoms with Gasteiger partial charge in [-0.15, -0.1) is 0 Å². The molecule has 1 atom stereocenters. The van der Waals surface area contributed by atoms with Gasteiger partial charge in [0.25, 0.3) is 11.8 Å². The van der Waals surface area contributed by atoms with Crippen LogP contribution in [0.3, 0.4) is 0 Å². The van der Waals surface area contributed by atoms with Crippen LogP contribution in [0, 0.1) is 0 Å². The molecule has 2 aromatic rings. The van der Waals surface area contributed by atoms with E-state index in [0.29, 0.717) is 17.0 Å². The van der Waals surface area contributed by atoms with E-state index in [1.807, 2.05) is 26.0 Å². The summed E-state index contributed by atoms with van der Waals surface area (Å²) in [5, 5.41) is 5.63. The summed E-state index contributed by atoms with van der Waals surface area (Å²) >= 11 is 3.34. The van der Waals surface area contributed by atoms with Gasteiger partial charge in [0, 0.05) is 10.5 Å². The number of carbonyl (C=O) groups excluding carboxylic acids is 2. The number of benzene rings is 2. The predicted octanol–water partition coefficient (Wildman–Crippen LogP) is 3.99. The number of amides is 2. The van der Waals surface area contributed by atoms with E-state index in [0.717, 1.165) is 10.9 Å². The molecule has 0 aliphatic heterocycles. The van der Waals surface area contributed by atoms with E-state index in [9.17, 15) is 9.59 Å². The average molecular weight is 405 g/mol. The molecule has 1 unspecified atom stereocenters. The Bertz CT molecular complexity index is 732. The second kappa shape index (κ2) is 9.22. The minimum atomic E-state index is -0.327. The van der Waals surface area contributed by atoms with Crippen LogP contribution in [0.2, 0.25) is 0 Å². The second-order valence-electron chi connectivity index (χ2n) is 5.62. The molecule has 2 N–H and O–H groups in total. The summed E-state index contributed by atoms with van der Waals surface area (Å²) in [6.45, 7) is 3.80. The molecule has 0 saturated carbocycles. The first-order chi connectivity index (χ1) is 12.0. The summed E-state index contributed by atoms with van der Waals surface area (Å²) in [6, 6.07) is 14.2.